The normalized spacial score (nSPS) is 14.6. The Morgan fingerprint density at radius 3 is 1.96 bits per heavy atom. The number of amides is 2. The van der Waals surface area contributed by atoms with Crippen molar-refractivity contribution in [3.63, 3.8) is 0 Å². The second kappa shape index (κ2) is 6.74. The van der Waals surface area contributed by atoms with Crippen molar-refractivity contribution in [1.82, 2.24) is 19.6 Å². The zero-order chi connectivity index (χ0) is 17.1. The van der Waals surface area contributed by atoms with Gasteiger partial charge in [-0.15, -0.1) is 0 Å². The number of aromatic nitrogens is 2. The van der Waals surface area contributed by atoms with Crippen LogP contribution in [0.15, 0.2) is 36.7 Å². The lowest BCUT2D eigenvalue weighted by Gasteiger charge is -2.34. The molecule has 2 heterocycles. The van der Waals surface area contributed by atoms with Gasteiger partial charge in [-0.3, -0.25) is 14.3 Å². The summed E-state index contributed by atoms with van der Waals surface area (Å²) < 4.78 is 6.71. The van der Waals surface area contributed by atoms with Crippen molar-refractivity contribution in [1.29, 1.82) is 0 Å². The first-order chi connectivity index (χ1) is 11.6. The molecule has 1 aromatic heterocycles. The van der Waals surface area contributed by atoms with Gasteiger partial charge in [0.15, 0.2) is 0 Å². The molecule has 1 aromatic carbocycles. The molecule has 1 saturated heterocycles. The fourth-order valence-electron chi connectivity index (χ4n) is 2.74. The van der Waals surface area contributed by atoms with E-state index in [2.05, 4.69) is 5.10 Å². The van der Waals surface area contributed by atoms with Crippen molar-refractivity contribution in [3.05, 3.63) is 47.8 Å². The van der Waals surface area contributed by atoms with E-state index < -0.39 is 0 Å². The number of ether oxygens (including phenoxy) is 1. The van der Waals surface area contributed by atoms with Gasteiger partial charge in [-0.05, 0) is 24.3 Å². The van der Waals surface area contributed by atoms with Gasteiger partial charge in [0, 0.05) is 45.0 Å². The Morgan fingerprint density at radius 1 is 0.958 bits per heavy atom. The molecule has 3 rings (SSSR count). The number of nitrogens with zero attached hydrogens (tertiary/aromatic N) is 4. The molecular formula is C17H20N4O3. The summed E-state index contributed by atoms with van der Waals surface area (Å²) in [5.41, 5.74) is 1.20. The Bertz CT molecular complexity index is 731. The highest BCUT2D eigenvalue weighted by Gasteiger charge is 2.26. The van der Waals surface area contributed by atoms with E-state index in [0.29, 0.717) is 37.3 Å². The quantitative estimate of drug-likeness (QED) is 0.844. The zero-order valence-electron chi connectivity index (χ0n) is 13.8. The fourth-order valence-corrected chi connectivity index (χ4v) is 2.74. The molecular weight excluding hydrogens is 308 g/mol. The molecule has 0 atom stereocenters. The molecule has 0 unspecified atom stereocenters. The molecule has 7 nitrogen and oxygen atoms in total. The molecule has 0 spiro atoms. The molecule has 0 bridgehead atoms. The first-order valence-corrected chi connectivity index (χ1v) is 7.80. The van der Waals surface area contributed by atoms with Crippen LogP contribution in [0.3, 0.4) is 0 Å². The van der Waals surface area contributed by atoms with Crippen molar-refractivity contribution in [3.8, 4) is 5.75 Å². The second-order valence-electron chi connectivity index (χ2n) is 5.72. The van der Waals surface area contributed by atoms with Crippen LogP contribution in [0.5, 0.6) is 5.75 Å². The van der Waals surface area contributed by atoms with Gasteiger partial charge in [-0.2, -0.15) is 5.10 Å². The number of hydrogen-bond acceptors (Lipinski definition) is 4. The smallest absolute Gasteiger partial charge is 0.257 e. The summed E-state index contributed by atoms with van der Waals surface area (Å²) in [6.45, 7) is 2.10. The fraction of sp³-hybridized carbons (Fsp3) is 0.353. The van der Waals surface area contributed by atoms with Gasteiger partial charge in [0.2, 0.25) is 0 Å². The summed E-state index contributed by atoms with van der Waals surface area (Å²) in [5.74, 6) is 0.657. The predicted molar refractivity (Wildman–Crippen MR) is 88.0 cm³/mol. The third-order valence-electron chi connectivity index (χ3n) is 4.14. The average molecular weight is 328 g/mol. The van der Waals surface area contributed by atoms with Crippen LogP contribution in [0.25, 0.3) is 0 Å². The Labute approximate surface area is 140 Å². The first kappa shape index (κ1) is 16.0. The van der Waals surface area contributed by atoms with Crippen LogP contribution in [0.1, 0.15) is 20.7 Å². The molecule has 7 heteroatoms. The van der Waals surface area contributed by atoms with Crippen molar-refractivity contribution in [2.45, 2.75) is 0 Å². The second-order valence-corrected chi connectivity index (χ2v) is 5.72. The maximum absolute atomic E-state index is 12.5. The highest BCUT2D eigenvalue weighted by atomic mass is 16.5. The average Bonchev–Trinajstić information content (AvgIpc) is 3.07. The summed E-state index contributed by atoms with van der Waals surface area (Å²) in [6.07, 6.45) is 3.27. The molecule has 0 saturated carbocycles. The number of aryl methyl sites for hydroxylation is 1. The van der Waals surface area contributed by atoms with Crippen LogP contribution in [0.2, 0.25) is 0 Å². The minimum Gasteiger partial charge on any atom is -0.497 e. The van der Waals surface area contributed by atoms with Gasteiger partial charge in [-0.25, -0.2) is 0 Å². The number of methoxy groups -OCH3 is 1. The van der Waals surface area contributed by atoms with E-state index in [9.17, 15) is 9.59 Å². The summed E-state index contributed by atoms with van der Waals surface area (Å²) >= 11 is 0. The van der Waals surface area contributed by atoms with Crippen LogP contribution in [-0.4, -0.2) is 64.7 Å². The van der Waals surface area contributed by atoms with Gasteiger partial charge in [0.05, 0.1) is 18.9 Å². The predicted octanol–water partition coefficient (Wildman–Crippen LogP) is 1.03. The number of rotatable bonds is 3. The number of piperazine rings is 1. The van der Waals surface area contributed by atoms with Crippen molar-refractivity contribution >= 4 is 11.8 Å². The van der Waals surface area contributed by atoms with Crippen LogP contribution < -0.4 is 4.74 Å². The van der Waals surface area contributed by atoms with Gasteiger partial charge < -0.3 is 14.5 Å². The lowest BCUT2D eigenvalue weighted by molar-refractivity contribution is 0.0535. The third-order valence-corrected chi connectivity index (χ3v) is 4.14. The summed E-state index contributed by atoms with van der Waals surface area (Å²) in [4.78, 5) is 28.4. The van der Waals surface area contributed by atoms with E-state index in [0.717, 1.165) is 5.75 Å². The molecule has 24 heavy (non-hydrogen) atoms. The molecule has 126 valence electrons. The molecule has 1 fully saturated rings. The maximum atomic E-state index is 12.5. The van der Waals surface area contributed by atoms with Gasteiger partial charge in [0.1, 0.15) is 5.75 Å². The number of hydrogen-bond donors (Lipinski definition) is 0. The van der Waals surface area contributed by atoms with Gasteiger partial charge >= 0.3 is 0 Å². The van der Waals surface area contributed by atoms with E-state index in [1.165, 1.54) is 0 Å². The zero-order valence-corrected chi connectivity index (χ0v) is 13.8. The molecule has 2 amide bonds. The summed E-state index contributed by atoms with van der Waals surface area (Å²) in [6, 6.07) is 7.06. The Hall–Kier alpha value is -2.83. The summed E-state index contributed by atoms with van der Waals surface area (Å²) in [7, 11) is 3.37. The first-order valence-electron chi connectivity index (χ1n) is 7.80. The summed E-state index contributed by atoms with van der Waals surface area (Å²) in [5, 5.41) is 4.02. The van der Waals surface area contributed by atoms with E-state index in [1.807, 2.05) is 0 Å². The van der Waals surface area contributed by atoms with E-state index in [-0.39, 0.29) is 11.8 Å². The number of carbonyl (C=O) groups is 2. The highest BCUT2D eigenvalue weighted by Crippen LogP contribution is 2.15. The Kier molecular flexibility index (Phi) is 4.50. The molecule has 1 aliphatic heterocycles. The SMILES string of the molecule is COc1ccc(C(=O)N2CCN(C(=O)c3cnn(C)c3)CC2)cc1. The van der Waals surface area contributed by atoms with Crippen molar-refractivity contribution in [2.75, 3.05) is 33.3 Å². The molecule has 1 aliphatic rings. The Morgan fingerprint density at radius 2 is 1.50 bits per heavy atom. The number of benzene rings is 1. The largest absolute Gasteiger partial charge is 0.497 e. The lowest BCUT2D eigenvalue weighted by atomic mass is 10.1. The number of carbonyl (C=O) groups excluding carboxylic acids is 2. The highest BCUT2D eigenvalue weighted by molar-refractivity contribution is 5.95. The maximum Gasteiger partial charge on any atom is 0.257 e. The van der Waals surface area contributed by atoms with Crippen molar-refractivity contribution in [2.24, 2.45) is 7.05 Å². The topological polar surface area (TPSA) is 67.7 Å². The Balaban J connectivity index is 1.59. The van der Waals surface area contributed by atoms with Crippen LogP contribution in [0.4, 0.5) is 0 Å². The van der Waals surface area contributed by atoms with E-state index in [4.69, 9.17) is 4.74 Å². The van der Waals surface area contributed by atoms with Crippen LogP contribution in [-0.2, 0) is 7.05 Å². The standard InChI is InChI=1S/C17H20N4O3/c1-19-12-14(11-18-19)17(23)21-9-7-20(8-10-21)16(22)13-3-5-15(24-2)6-4-13/h3-6,11-12H,7-10H2,1-2H3. The molecule has 0 N–H and O–H groups in total. The van der Waals surface area contributed by atoms with Crippen molar-refractivity contribution < 1.29 is 14.3 Å². The third kappa shape index (κ3) is 3.24. The van der Waals surface area contributed by atoms with Crippen LogP contribution >= 0.6 is 0 Å². The minimum atomic E-state index is -0.0420. The van der Waals surface area contributed by atoms with Gasteiger partial charge in [0.25, 0.3) is 11.8 Å². The molecule has 0 radical (unpaired) electrons. The van der Waals surface area contributed by atoms with E-state index in [1.54, 1.807) is 65.3 Å². The molecule has 2 aromatic rings. The lowest BCUT2D eigenvalue weighted by Crippen LogP contribution is -2.50. The molecule has 0 aliphatic carbocycles. The van der Waals surface area contributed by atoms with Gasteiger partial charge in [-0.1, -0.05) is 0 Å². The minimum absolute atomic E-state index is 0.0221. The monoisotopic (exact) mass is 328 g/mol. The van der Waals surface area contributed by atoms with E-state index >= 15 is 0 Å². The van der Waals surface area contributed by atoms with Crippen LogP contribution in [0, 0.1) is 0 Å².